The van der Waals surface area contributed by atoms with Crippen LogP contribution in [0.2, 0.25) is 0 Å². The van der Waals surface area contributed by atoms with Crippen molar-refractivity contribution in [2.45, 2.75) is 27.2 Å². The molecule has 3 N–H and O–H groups in total. The average molecular weight is 282 g/mol. The monoisotopic (exact) mass is 282 g/mol. The van der Waals surface area contributed by atoms with Gasteiger partial charge >= 0.3 is 0 Å². The van der Waals surface area contributed by atoms with Gasteiger partial charge in [-0.05, 0) is 44.0 Å². The number of nitrogens with one attached hydrogen (secondary N) is 3. The Morgan fingerprint density at radius 2 is 2.10 bits per heavy atom. The molecule has 0 fully saturated rings. The minimum atomic E-state index is -0.149. The Morgan fingerprint density at radius 3 is 2.81 bits per heavy atom. The van der Waals surface area contributed by atoms with Crippen LogP contribution in [0, 0.1) is 13.8 Å². The molecule has 3 aromatic rings. The number of nitrogens with zero attached hydrogens (tertiary/aromatic N) is 1. The quantitative estimate of drug-likeness (QED) is 0.689. The van der Waals surface area contributed by atoms with Crippen molar-refractivity contribution >= 4 is 22.6 Å². The summed E-state index contributed by atoms with van der Waals surface area (Å²) in [6.07, 6.45) is 0.858. The van der Waals surface area contributed by atoms with Gasteiger partial charge in [-0.25, -0.2) is 0 Å². The molecule has 3 rings (SSSR count). The summed E-state index contributed by atoms with van der Waals surface area (Å²) in [4.78, 5) is 15.6. The van der Waals surface area contributed by atoms with Gasteiger partial charge < -0.3 is 10.3 Å². The van der Waals surface area contributed by atoms with Gasteiger partial charge in [-0.1, -0.05) is 6.92 Å². The molecule has 5 heteroatoms. The van der Waals surface area contributed by atoms with E-state index in [2.05, 4.69) is 27.4 Å². The van der Waals surface area contributed by atoms with Crippen molar-refractivity contribution in [1.82, 2.24) is 15.2 Å². The third-order valence-electron chi connectivity index (χ3n) is 3.82. The van der Waals surface area contributed by atoms with Crippen molar-refractivity contribution in [1.29, 1.82) is 0 Å². The van der Waals surface area contributed by atoms with Gasteiger partial charge in [0, 0.05) is 33.9 Å². The zero-order valence-corrected chi connectivity index (χ0v) is 12.4. The van der Waals surface area contributed by atoms with E-state index in [9.17, 15) is 4.79 Å². The molecule has 108 valence electrons. The van der Waals surface area contributed by atoms with Crippen molar-refractivity contribution in [3.63, 3.8) is 0 Å². The lowest BCUT2D eigenvalue weighted by Crippen LogP contribution is -2.12. The van der Waals surface area contributed by atoms with Gasteiger partial charge in [-0.3, -0.25) is 9.89 Å². The molecule has 0 saturated carbocycles. The molecule has 0 spiro atoms. The maximum atomic E-state index is 12.3. The highest BCUT2D eigenvalue weighted by Gasteiger charge is 2.11. The molecule has 0 aliphatic heterocycles. The van der Waals surface area contributed by atoms with Crippen LogP contribution in [0.5, 0.6) is 0 Å². The lowest BCUT2D eigenvalue weighted by atomic mass is 10.1. The van der Waals surface area contributed by atoms with E-state index in [0.717, 1.165) is 28.7 Å². The number of carbonyl (C=O) groups is 1. The first-order valence-electron chi connectivity index (χ1n) is 7.03. The van der Waals surface area contributed by atoms with Crippen LogP contribution in [0.4, 0.5) is 5.82 Å². The topological polar surface area (TPSA) is 73.6 Å². The average Bonchev–Trinajstić information content (AvgIpc) is 3.04. The number of aromatic nitrogens is 3. The van der Waals surface area contributed by atoms with Gasteiger partial charge in [0.15, 0.2) is 5.82 Å². The van der Waals surface area contributed by atoms with E-state index in [1.807, 2.05) is 38.1 Å². The number of carbonyl (C=O) groups excluding carboxylic acids is 1. The Labute approximate surface area is 122 Å². The molecule has 1 amide bonds. The van der Waals surface area contributed by atoms with E-state index >= 15 is 0 Å². The van der Waals surface area contributed by atoms with Crippen molar-refractivity contribution in [3.8, 4) is 0 Å². The first-order chi connectivity index (χ1) is 10.1. The number of rotatable bonds is 3. The Balaban J connectivity index is 1.88. The molecule has 0 saturated heterocycles. The van der Waals surface area contributed by atoms with Gasteiger partial charge in [-0.2, -0.15) is 5.10 Å². The van der Waals surface area contributed by atoms with E-state index in [1.165, 1.54) is 5.56 Å². The second kappa shape index (κ2) is 5.09. The Kier molecular flexibility index (Phi) is 3.25. The summed E-state index contributed by atoms with van der Waals surface area (Å²) in [6.45, 7) is 6.12. The summed E-state index contributed by atoms with van der Waals surface area (Å²) in [7, 11) is 0. The normalized spacial score (nSPS) is 11.0. The van der Waals surface area contributed by atoms with Gasteiger partial charge in [0.1, 0.15) is 0 Å². The summed E-state index contributed by atoms with van der Waals surface area (Å²) in [5.74, 6) is 0.406. The molecule has 0 bridgehead atoms. The molecule has 0 aliphatic rings. The predicted molar refractivity (Wildman–Crippen MR) is 83.7 cm³/mol. The van der Waals surface area contributed by atoms with Gasteiger partial charge in [0.2, 0.25) is 0 Å². The maximum Gasteiger partial charge on any atom is 0.256 e. The first-order valence-corrected chi connectivity index (χ1v) is 7.03. The number of fused-ring (bicyclic) bond motifs is 1. The standard InChI is InChI=1S/C16H18N4O/c1-4-12-8-15(20-19-12)18-16(21)11-5-6-14-13(7-11)9(2)10(3)17-14/h5-8,17H,4H2,1-3H3,(H2,18,19,20,21). The van der Waals surface area contributed by atoms with Crippen LogP contribution in [-0.2, 0) is 6.42 Å². The fourth-order valence-corrected chi connectivity index (χ4v) is 2.40. The Morgan fingerprint density at radius 1 is 1.29 bits per heavy atom. The number of aromatic amines is 2. The van der Waals surface area contributed by atoms with E-state index in [-0.39, 0.29) is 5.91 Å². The Hall–Kier alpha value is -2.56. The summed E-state index contributed by atoms with van der Waals surface area (Å²) in [5, 5.41) is 10.9. The maximum absolute atomic E-state index is 12.3. The zero-order valence-electron chi connectivity index (χ0n) is 12.4. The number of benzene rings is 1. The molecular formula is C16H18N4O. The summed E-state index contributed by atoms with van der Waals surface area (Å²) >= 11 is 0. The van der Waals surface area contributed by atoms with Crippen LogP contribution in [-0.4, -0.2) is 21.1 Å². The molecule has 2 heterocycles. The molecule has 21 heavy (non-hydrogen) atoms. The summed E-state index contributed by atoms with van der Waals surface area (Å²) < 4.78 is 0. The van der Waals surface area contributed by atoms with E-state index in [0.29, 0.717) is 11.4 Å². The largest absolute Gasteiger partial charge is 0.358 e. The third kappa shape index (κ3) is 2.42. The predicted octanol–water partition coefficient (Wildman–Crippen LogP) is 3.32. The minimum Gasteiger partial charge on any atom is -0.358 e. The molecule has 2 aromatic heterocycles. The van der Waals surface area contributed by atoms with Gasteiger partial charge in [-0.15, -0.1) is 0 Å². The second-order valence-electron chi connectivity index (χ2n) is 5.22. The number of hydrogen-bond acceptors (Lipinski definition) is 2. The van der Waals surface area contributed by atoms with Crippen LogP contribution < -0.4 is 5.32 Å². The molecule has 0 atom stereocenters. The molecule has 0 radical (unpaired) electrons. The van der Waals surface area contributed by atoms with Crippen LogP contribution >= 0.6 is 0 Å². The summed E-state index contributed by atoms with van der Waals surface area (Å²) in [6, 6.07) is 7.52. The van der Waals surface area contributed by atoms with Crippen LogP contribution in [0.3, 0.4) is 0 Å². The van der Waals surface area contributed by atoms with Crippen molar-refractivity contribution in [2.75, 3.05) is 5.32 Å². The number of anilines is 1. The van der Waals surface area contributed by atoms with Crippen molar-refractivity contribution in [2.24, 2.45) is 0 Å². The number of aryl methyl sites for hydroxylation is 3. The lowest BCUT2D eigenvalue weighted by Gasteiger charge is -2.02. The third-order valence-corrected chi connectivity index (χ3v) is 3.82. The Bertz CT molecular complexity index is 813. The van der Waals surface area contributed by atoms with Crippen LogP contribution in [0.1, 0.15) is 34.2 Å². The van der Waals surface area contributed by atoms with E-state index in [1.54, 1.807) is 0 Å². The number of H-pyrrole nitrogens is 2. The molecule has 5 nitrogen and oxygen atoms in total. The molecule has 0 aliphatic carbocycles. The lowest BCUT2D eigenvalue weighted by molar-refractivity contribution is 0.102. The van der Waals surface area contributed by atoms with Gasteiger partial charge in [0.25, 0.3) is 5.91 Å². The summed E-state index contributed by atoms with van der Waals surface area (Å²) in [5.41, 5.74) is 4.98. The first kappa shape index (κ1) is 13.4. The zero-order chi connectivity index (χ0) is 15.0. The van der Waals surface area contributed by atoms with Crippen molar-refractivity contribution in [3.05, 3.63) is 46.8 Å². The smallest absolute Gasteiger partial charge is 0.256 e. The van der Waals surface area contributed by atoms with Crippen LogP contribution in [0.15, 0.2) is 24.3 Å². The highest BCUT2D eigenvalue weighted by molar-refractivity contribution is 6.06. The molecular weight excluding hydrogens is 264 g/mol. The van der Waals surface area contributed by atoms with Gasteiger partial charge in [0.05, 0.1) is 0 Å². The highest BCUT2D eigenvalue weighted by Crippen LogP contribution is 2.22. The van der Waals surface area contributed by atoms with Crippen molar-refractivity contribution < 1.29 is 4.79 Å². The molecule has 1 aromatic carbocycles. The van der Waals surface area contributed by atoms with Crippen LogP contribution in [0.25, 0.3) is 10.9 Å². The fourth-order valence-electron chi connectivity index (χ4n) is 2.40. The number of hydrogen-bond donors (Lipinski definition) is 3. The molecule has 0 unspecified atom stereocenters. The highest BCUT2D eigenvalue weighted by atomic mass is 16.1. The number of amides is 1. The van der Waals surface area contributed by atoms with E-state index in [4.69, 9.17) is 0 Å². The minimum absolute atomic E-state index is 0.149. The van der Waals surface area contributed by atoms with E-state index < -0.39 is 0 Å². The second-order valence-corrected chi connectivity index (χ2v) is 5.22. The SMILES string of the molecule is CCc1cc(NC(=O)c2ccc3[nH]c(C)c(C)c3c2)n[nH]1. The fraction of sp³-hybridized carbons (Fsp3) is 0.250.